The van der Waals surface area contributed by atoms with Crippen LogP contribution in [0.25, 0.3) is 0 Å². The molecule has 0 amide bonds. The van der Waals surface area contributed by atoms with Gasteiger partial charge in [0.25, 0.3) is 0 Å². The molecule has 2 rings (SSSR count). The van der Waals surface area contributed by atoms with Gasteiger partial charge in [-0.3, -0.25) is 0 Å². The normalized spacial score (nSPS) is 30.6. The highest BCUT2D eigenvalue weighted by Crippen LogP contribution is 2.29. The van der Waals surface area contributed by atoms with Crippen molar-refractivity contribution in [2.45, 2.75) is 52.6 Å². The first-order chi connectivity index (χ1) is 7.66. The van der Waals surface area contributed by atoms with E-state index >= 15 is 0 Å². The average Bonchev–Trinajstić information content (AvgIpc) is 2.63. The van der Waals surface area contributed by atoms with Gasteiger partial charge in [0.05, 0.1) is 11.2 Å². The third-order valence-corrected chi connectivity index (χ3v) is 4.74. The molecule has 1 aliphatic rings. The molecule has 0 aliphatic heterocycles. The minimum Gasteiger partial charge on any atom is -0.309 e. The summed E-state index contributed by atoms with van der Waals surface area (Å²) in [5.41, 5.74) is 3.13. The van der Waals surface area contributed by atoms with Crippen LogP contribution in [0.5, 0.6) is 0 Å². The van der Waals surface area contributed by atoms with Crippen molar-refractivity contribution in [1.29, 1.82) is 0 Å². The molecule has 16 heavy (non-hydrogen) atoms. The van der Waals surface area contributed by atoms with Crippen molar-refractivity contribution in [3.8, 4) is 0 Å². The van der Waals surface area contributed by atoms with Gasteiger partial charge in [0.1, 0.15) is 0 Å². The number of hydrogen-bond donors (Lipinski definition) is 1. The second-order valence-electron chi connectivity index (χ2n) is 5.24. The van der Waals surface area contributed by atoms with E-state index in [0.29, 0.717) is 6.04 Å². The first kappa shape index (κ1) is 12.1. The maximum atomic E-state index is 4.29. The molecule has 1 heterocycles. The molecule has 3 unspecified atom stereocenters. The van der Waals surface area contributed by atoms with Crippen molar-refractivity contribution in [3.63, 3.8) is 0 Å². The predicted molar refractivity (Wildman–Crippen MR) is 69.7 cm³/mol. The molecule has 1 saturated carbocycles. The summed E-state index contributed by atoms with van der Waals surface area (Å²) in [6.07, 6.45) is 4.09. The number of nitrogens with zero attached hydrogens (tertiary/aromatic N) is 1. The Balaban J connectivity index is 1.84. The summed E-state index contributed by atoms with van der Waals surface area (Å²) in [6, 6.07) is 0.706. The molecule has 3 atom stereocenters. The molecule has 1 aromatic rings. The Kier molecular flexibility index (Phi) is 3.98. The predicted octanol–water partition coefficient (Wildman–Crippen LogP) is 3.37. The topological polar surface area (TPSA) is 24.9 Å². The van der Waals surface area contributed by atoms with Crippen LogP contribution in [0.4, 0.5) is 0 Å². The molecule has 0 saturated heterocycles. The molecule has 0 radical (unpaired) electrons. The Morgan fingerprint density at radius 2 is 2.25 bits per heavy atom. The van der Waals surface area contributed by atoms with E-state index in [1.807, 2.05) is 5.51 Å². The van der Waals surface area contributed by atoms with Crippen LogP contribution in [0.1, 0.15) is 43.7 Å². The van der Waals surface area contributed by atoms with Crippen molar-refractivity contribution < 1.29 is 0 Å². The fourth-order valence-electron chi connectivity index (χ4n) is 2.69. The van der Waals surface area contributed by atoms with Crippen molar-refractivity contribution in [3.05, 3.63) is 16.1 Å². The Morgan fingerprint density at radius 1 is 1.44 bits per heavy atom. The van der Waals surface area contributed by atoms with Crippen LogP contribution in [0.15, 0.2) is 5.51 Å². The van der Waals surface area contributed by atoms with Crippen LogP contribution in [0.2, 0.25) is 0 Å². The lowest BCUT2D eigenvalue weighted by Crippen LogP contribution is -2.38. The van der Waals surface area contributed by atoms with Crippen LogP contribution in [-0.2, 0) is 6.54 Å². The highest BCUT2D eigenvalue weighted by atomic mass is 32.1. The average molecular weight is 238 g/mol. The molecule has 2 nitrogen and oxygen atoms in total. The molecule has 1 aromatic heterocycles. The summed E-state index contributed by atoms with van der Waals surface area (Å²) in [7, 11) is 0. The maximum Gasteiger partial charge on any atom is 0.0798 e. The van der Waals surface area contributed by atoms with Gasteiger partial charge >= 0.3 is 0 Å². The van der Waals surface area contributed by atoms with E-state index in [0.717, 1.165) is 18.4 Å². The highest BCUT2D eigenvalue weighted by Gasteiger charge is 2.24. The second kappa shape index (κ2) is 5.28. The van der Waals surface area contributed by atoms with E-state index in [1.165, 1.54) is 29.8 Å². The number of aryl methyl sites for hydroxylation is 1. The monoisotopic (exact) mass is 238 g/mol. The molecule has 1 fully saturated rings. The zero-order valence-electron chi connectivity index (χ0n) is 10.5. The van der Waals surface area contributed by atoms with Gasteiger partial charge in [0.2, 0.25) is 0 Å². The number of hydrogen-bond acceptors (Lipinski definition) is 3. The lowest BCUT2D eigenvalue weighted by molar-refractivity contribution is 0.227. The number of rotatable bonds is 3. The summed E-state index contributed by atoms with van der Waals surface area (Å²) in [5.74, 6) is 1.73. The summed E-state index contributed by atoms with van der Waals surface area (Å²) in [6.45, 7) is 7.85. The highest BCUT2D eigenvalue weighted by molar-refractivity contribution is 7.09. The van der Waals surface area contributed by atoms with Gasteiger partial charge in [-0.15, -0.1) is 11.3 Å². The van der Waals surface area contributed by atoms with Crippen molar-refractivity contribution in [2.24, 2.45) is 11.8 Å². The molecule has 0 spiro atoms. The van der Waals surface area contributed by atoms with Crippen LogP contribution in [0.3, 0.4) is 0 Å². The Bertz CT molecular complexity index is 334. The largest absolute Gasteiger partial charge is 0.309 e. The zero-order valence-corrected chi connectivity index (χ0v) is 11.3. The van der Waals surface area contributed by atoms with Crippen LogP contribution in [0, 0.1) is 18.8 Å². The smallest absolute Gasteiger partial charge is 0.0798 e. The Labute approximate surface area is 102 Å². The van der Waals surface area contributed by atoms with Gasteiger partial charge in [-0.05, 0) is 38.0 Å². The van der Waals surface area contributed by atoms with Crippen LogP contribution < -0.4 is 5.32 Å². The summed E-state index contributed by atoms with van der Waals surface area (Å²) in [4.78, 5) is 5.68. The Morgan fingerprint density at radius 3 is 2.88 bits per heavy atom. The number of nitrogens with one attached hydrogen (secondary N) is 1. The first-order valence-electron chi connectivity index (χ1n) is 6.29. The second-order valence-corrected chi connectivity index (χ2v) is 6.18. The van der Waals surface area contributed by atoms with E-state index < -0.39 is 0 Å². The number of aromatic nitrogens is 1. The summed E-state index contributed by atoms with van der Waals surface area (Å²) >= 11 is 1.77. The quantitative estimate of drug-likeness (QED) is 0.873. The van der Waals surface area contributed by atoms with Crippen molar-refractivity contribution in [2.75, 3.05) is 0 Å². The van der Waals surface area contributed by atoms with Gasteiger partial charge in [0, 0.05) is 17.5 Å². The summed E-state index contributed by atoms with van der Waals surface area (Å²) < 4.78 is 0. The van der Waals surface area contributed by atoms with Crippen molar-refractivity contribution in [1.82, 2.24) is 10.3 Å². The standard InChI is InChI=1S/C13H22N2S/c1-9-4-5-12(10(2)6-9)14-7-13-11(3)15-8-16-13/h8-10,12,14H,4-7H2,1-3H3. The lowest BCUT2D eigenvalue weighted by atomic mass is 9.80. The van der Waals surface area contributed by atoms with E-state index in [2.05, 4.69) is 31.1 Å². The molecule has 0 bridgehead atoms. The lowest BCUT2D eigenvalue weighted by Gasteiger charge is -2.33. The van der Waals surface area contributed by atoms with E-state index in [4.69, 9.17) is 0 Å². The van der Waals surface area contributed by atoms with Gasteiger partial charge < -0.3 is 5.32 Å². The number of thiazole rings is 1. The Hall–Kier alpha value is -0.410. The molecule has 90 valence electrons. The van der Waals surface area contributed by atoms with Gasteiger partial charge in [-0.1, -0.05) is 13.8 Å². The minimum absolute atomic E-state index is 0.706. The molecule has 1 aliphatic carbocycles. The summed E-state index contributed by atoms with van der Waals surface area (Å²) in [5, 5.41) is 3.71. The molecule has 0 aromatic carbocycles. The van der Waals surface area contributed by atoms with Gasteiger partial charge in [-0.25, -0.2) is 4.98 Å². The molecular formula is C13H22N2S. The first-order valence-corrected chi connectivity index (χ1v) is 7.17. The van der Waals surface area contributed by atoms with Gasteiger partial charge in [0.15, 0.2) is 0 Å². The SMILES string of the molecule is Cc1ncsc1CNC1CCC(C)CC1C. The molecular weight excluding hydrogens is 216 g/mol. The van der Waals surface area contributed by atoms with Crippen molar-refractivity contribution >= 4 is 11.3 Å². The third kappa shape index (κ3) is 2.83. The zero-order chi connectivity index (χ0) is 11.5. The fraction of sp³-hybridized carbons (Fsp3) is 0.769. The van der Waals surface area contributed by atoms with E-state index in [-0.39, 0.29) is 0 Å². The third-order valence-electron chi connectivity index (χ3n) is 3.80. The molecule has 3 heteroatoms. The minimum atomic E-state index is 0.706. The fourth-order valence-corrected chi connectivity index (χ4v) is 3.42. The maximum absolute atomic E-state index is 4.29. The van der Waals surface area contributed by atoms with Crippen LogP contribution in [-0.4, -0.2) is 11.0 Å². The van der Waals surface area contributed by atoms with Crippen LogP contribution >= 0.6 is 11.3 Å². The van der Waals surface area contributed by atoms with E-state index in [1.54, 1.807) is 11.3 Å². The molecule has 1 N–H and O–H groups in total. The van der Waals surface area contributed by atoms with E-state index in [9.17, 15) is 0 Å². The van der Waals surface area contributed by atoms with Gasteiger partial charge in [-0.2, -0.15) is 0 Å².